The van der Waals surface area contributed by atoms with Gasteiger partial charge < -0.3 is 14.6 Å². The number of imidazole rings is 1. The average molecular weight is 308 g/mol. The summed E-state index contributed by atoms with van der Waals surface area (Å²) in [7, 11) is -1.19. The third kappa shape index (κ3) is 3.81. The van der Waals surface area contributed by atoms with Crippen molar-refractivity contribution in [1.82, 2.24) is 9.55 Å². The summed E-state index contributed by atoms with van der Waals surface area (Å²) in [6.07, 6.45) is 3.23. The lowest BCUT2D eigenvalue weighted by atomic mass is 9.83. The Morgan fingerprint density at radius 2 is 1.61 bits per heavy atom. The van der Waals surface area contributed by atoms with Crippen LogP contribution in [0.25, 0.3) is 22.4 Å². The van der Waals surface area contributed by atoms with Gasteiger partial charge in [-0.15, -0.1) is 0 Å². The zero-order chi connectivity index (χ0) is 16.1. The lowest BCUT2D eigenvalue weighted by molar-refractivity contribution is 0.401. The minimum absolute atomic E-state index is 0.441. The standard InChI is InChI=1S/C18H21BN2O2/c22-19(23)13-7-2-8-14-21-17-12-6-5-11-16(17)20-18(21)15-9-3-1-4-10-15/h1,3-6,9-12,22-23H,2,7-8,13-14H2. The minimum Gasteiger partial charge on any atom is -0.427 e. The molecule has 118 valence electrons. The largest absolute Gasteiger partial charge is 0.451 e. The van der Waals surface area contributed by atoms with Crippen molar-refractivity contribution in [3.63, 3.8) is 0 Å². The highest BCUT2D eigenvalue weighted by Crippen LogP contribution is 2.25. The summed E-state index contributed by atoms with van der Waals surface area (Å²) in [5, 5.41) is 17.8. The first-order valence-corrected chi connectivity index (χ1v) is 8.12. The molecule has 0 amide bonds. The highest BCUT2D eigenvalue weighted by Gasteiger charge is 2.12. The van der Waals surface area contributed by atoms with Gasteiger partial charge in [-0.2, -0.15) is 0 Å². The van der Waals surface area contributed by atoms with Gasteiger partial charge >= 0.3 is 7.12 Å². The van der Waals surface area contributed by atoms with Crippen LogP contribution in [-0.2, 0) is 6.54 Å². The van der Waals surface area contributed by atoms with Crippen molar-refractivity contribution < 1.29 is 10.0 Å². The second kappa shape index (κ2) is 7.44. The van der Waals surface area contributed by atoms with Crippen LogP contribution in [0.3, 0.4) is 0 Å². The van der Waals surface area contributed by atoms with Gasteiger partial charge in [-0.05, 0) is 24.9 Å². The summed E-state index contributed by atoms with van der Waals surface area (Å²) < 4.78 is 2.26. The molecule has 0 spiro atoms. The second-order valence-electron chi connectivity index (χ2n) is 5.77. The highest BCUT2D eigenvalue weighted by molar-refractivity contribution is 6.40. The van der Waals surface area contributed by atoms with E-state index in [1.165, 1.54) is 0 Å². The number of aromatic nitrogens is 2. The maximum atomic E-state index is 8.91. The van der Waals surface area contributed by atoms with E-state index in [0.29, 0.717) is 6.32 Å². The van der Waals surface area contributed by atoms with E-state index < -0.39 is 7.12 Å². The summed E-state index contributed by atoms with van der Waals surface area (Å²) in [6.45, 7) is 0.881. The molecule has 0 aliphatic rings. The van der Waals surface area contributed by atoms with Crippen LogP contribution in [0.2, 0.25) is 6.32 Å². The van der Waals surface area contributed by atoms with E-state index in [2.05, 4.69) is 22.8 Å². The maximum absolute atomic E-state index is 8.91. The van der Waals surface area contributed by atoms with Crippen molar-refractivity contribution in [2.45, 2.75) is 32.1 Å². The monoisotopic (exact) mass is 308 g/mol. The number of aryl methyl sites for hydroxylation is 1. The topological polar surface area (TPSA) is 58.3 Å². The minimum atomic E-state index is -1.19. The lowest BCUT2D eigenvalue weighted by Crippen LogP contribution is -2.09. The molecule has 2 N–H and O–H groups in total. The number of hydrogen-bond donors (Lipinski definition) is 2. The van der Waals surface area contributed by atoms with Gasteiger partial charge in [0.25, 0.3) is 0 Å². The Morgan fingerprint density at radius 1 is 0.870 bits per heavy atom. The van der Waals surface area contributed by atoms with Gasteiger partial charge in [0.2, 0.25) is 0 Å². The molecular formula is C18H21BN2O2. The quantitative estimate of drug-likeness (QED) is 0.520. The second-order valence-corrected chi connectivity index (χ2v) is 5.77. The number of hydrogen-bond acceptors (Lipinski definition) is 3. The Morgan fingerprint density at radius 3 is 2.39 bits per heavy atom. The molecule has 1 heterocycles. The number of benzene rings is 2. The molecule has 0 aliphatic carbocycles. The fourth-order valence-corrected chi connectivity index (χ4v) is 2.88. The van der Waals surface area contributed by atoms with E-state index in [4.69, 9.17) is 15.0 Å². The predicted octanol–water partition coefficient (Wildman–Crippen LogP) is 3.35. The van der Waals surface area contributed by atoms with E-state index in [9.17, 15) is 0 Å². The summed E-state index contributed by atoms with van der Waals surface area (Å²) in [5.41, 5.74) is 3.28. The van der Waals surface area contributed by atoms with E-state index in [1.54, 1.807) is 0 Å². The average Bonchev–Trinajstić information content (AvgIpc) is 2.94. The van der Waals surface area contributed by atoms with Gasteiger partial charge in [-0.3, -0.25) is 0 Å². The summed E-state index contributed by atoms with van der Waals surface area (Å²) >= 11 is 0. The number of unbranched alkanes of at least 4 members (excludes halogenated alkanes) is 2. The van der Waals surface area contributed by atoms with Crippen molar-refractivity contribution in [1.29, 1.82) is 0 Å². The van der Waals surface area contributed by atoms with E-state index in [-0.39, 0.29) is 0 Å². The fraction of sp³-hybridized carbons (Fsp3) is 0.278. The van der Waals surface area contributed by atoms with Gasteiger partial charge in [-0.1, -0.05) is 55.3 Å². The Hall–Kier alpha value is -2.11. The molecule has 2 aromatic carbocycles. The van der Waals surface area contributed by atoms with Gasteiger partial charge in [0, 0.05) is 12.1 Å². The van der Waals surface area contributed by atoms with E-state index in [0.717, 1.165) is 48.2 Å². The van der Waals surface area contributed by atoms with Crippen molar-refractivity contribution in [2.24, 2.45) is 0 Å². The highest BCUT2D eigenvalue weighted by atomic mass is 16.4. The Balaban J connectivity index is 1.82. The third-order valence-corrected chi connectivity index (χ3v) is 4.03. The number of rotatable bonds is 7. The first-order valence-electron chi connectivity index (χ1n) is 8.12. The first kappa shape index (κ1) is 15.8. The smallest absolute Gasteiger partial charge is 0.427 e. The van der Waals surface area contributed by atoms with Crippen LogP contribution in [-0.4, -0.2) is 26.7 Å². The normalized spacial score (nSPS) is 11.0. The van der Waals surface area contributed by atoms with Crippen LogP contribution in [0, 0.1) is 0 Å². The number of fused-ring (bicyclic) bond motifs is 1. The molecule has 3 aromatic rings. The molecule has 23 heavy (non-hydrogen) atoms. The van der Waals surface area contributed by atoms with Crippen LogP contribution in [0.4, 0.5) is 0 Å². The molecule has 0 saturated carbocycles. The molecular weight excluding hydrogens is 287 g/mol. The maximum Gasteiger partial charge on any atom is 0.451 e. The molecule has 1 aromatic heterocycles. The summed E-state index contributed by atoms with van der Waals surface area (Å²) in [5.74, 6) is 0.994. The molecule has 0 unspecified atom stereocenters. The van der Waals surface area contributed by atoms with Crippen LogP contribution >= 0.6 is 0 Å². The molecule has 5 heteroatoms. The fourth-order valence-electron chi connectivity index (χ4n) is 2.88. The van der Waals surface area contributed by atoms with Gasteiger partial charge in [0.15, 0.2) is 0 Å². The molecule has 0 radical (unpaired) electrons. The number of para-hydroxylation sites is 2. The molecule has 0 bridgehead atoms. The molecule has 0 fully saturated rings. The Kier molecular flexibility index (Phi) is 5.10. The zero-order valence-corrected chi connectivity index (χ0v) is 13.1. The van der Waals surface area contributed by atoms with Crippen molar-refractivity contribution in [2.75, 3.05) is 0 Å². The first-order chi connectivity index (χ1) is 11.3. The van der Waals surface area contributed by atoms with Crippen molar-refractivity contribution in [3.8, 4) is 11.4 Å². The van der Waals surface area contributed by atoms with E-state index >= 15 is 0 Å². The van der Waals surface area contributed by atoms with Crippen molar-refractivity contribution >= 4 is 18.2 Å². The summed E-state index contributed by atoms with van der Waals surface area (Å²) in [4.78, 5) is 4.79. The molecule has 4 nitrogen and oxygen atoms in total. The van der Waals surface area contributed by atoms with Gasteiger partial charge in [-0.25, -0.2) is 4.98 Å². The van der Waals surface area contributed by atoms with Gasteiger partial charge in [0.1, 0.15) is 5.82 Å². The molecule has 3 rings (SSSR count). The molecule has 0 saturated heterocycles. The third-order valence-electron chi connectivity index (χ3n) is 4.03. The number of nitrogens with zero attached hydrogens (tertiary/aromatic N) is 2. The Bertz CT molecular complexity index is 756. The zero-order valence-electron chi connectivity index (χ0n) is 13.1. The van der Waals surface area contributed by atoms with Crippen LogP contribution in [0.5, 0.6) is 0 Å². The molecule has 0 atom stereocenters. The Labute approximate surface area is 136 Å². The van der Waals surface area contributed by atoms with Crippen LogP contribution in [0.1, 0.15) is 19.3 Å². The SMILES string of the molecule is OB(O)CCCCCn1c(-c2ccccc2)nc2ccccc21. The van der Waals surface area contributed by atoms with Crippen LogP contribution < -0.4 is 0 Å². The van der Waals surface area contributed by atoms with Crippen LogP contribution in [0.15, 0.2) is 54.6 Å². The van der Waals surface area contributed by atoms with Crippen molar-refractivity contribution in [3.05, 3.63) is 54.6 Å². The van der Waals surface area contributed by atoms with E-state index in [1.807, 2.05) is 36.4 Å². The molecule has 0 aliphatic heterocycles. The summed E-state index contributed by atoms with van der Waals surface area (Å²) in [6, 6.07) is 18.4. The van der Waals surface area contributed by atoms with Gasteiger partial charge in [0.05, 0.1) is 11.0 Å². The lowest BCUT2D eigenvalue weighted by Gasteiger charge is -2.09. The predicted molar refractivity (Wildman–Crippen MR) is 94.0 cm³/mol.